The Hall–Kier alpha value is -0.570. The number of nitrogens with two attached hydrogens (primary N) is 1. The SMILES string of the molecule is CCCN(Cc1ccc(Cl)cc1)CC(C)(C)CN. The van der Waals surface area contributed by atoms with E-state index in [1.165, 1.54) is 5.56 Å². The topological polar surface area (TPSA) is 29.3 Å². The van der Waals surface area contributed by atoms with E-state index in [0.29, 0.717) is 6.54 Å². The van der Waals surface area contributed by atoms with Gasteiger partial charge in [0.15, 0.2) is 0 Å². The Bertz CT molecular complexity index is 346. The maximum absolute atomic E-state index is 5.91. The van der Waals surface area contributed by atoms with Crippen molar-refractivity contribution >= 4 is 11.6 Å². The fourth-order valence-electron chi connectivity index (χ4n) is 2.05. The highest BCUT2D eigenvalue weighted by Crippen LogP contribution is 2.18. The van der Waals surface area contributed by atoms with Gasteiger partial charge in [0, 0.05) is 18.1 Å². The molecule has 0 saturated heterocycles. The summed E-state index contributed by atoms with van der Waals surface area (Å²) in [7, 11) is 0. The summed E-state index contributed by atoms with van der Waals surface area (Å²) in [5, 5.41) is 0.795. The molecule has 0 aliphatic heterocycles. The molecule has 0 aromatic heterocycles. The van der Waals surface area contributed by atoms with Crippen LogP contribution in [0.4, 0.5) is 0 Å². The van der Waals surface area contributed by atoms with Crippen molar-refractivity contribution in [2.75, 3.05) is 19.6 Å². The Balaban J connectivity index is 2.65. The second-order valence-corrected chi connectivity index (χ2v) is 6.14. The van der Waals surface area contributed by atoms with Crippen molar-refractivity contribution in [3.05, 3.63) is 34.9 Å². The molecule has 0 radical (unpaired) electrons. The van der Waals surface area contributed by atoms with Gasteiger partial charge in [-0.15, -0.1) is 0 Å². The normalized spacial score (nSPS) is 12.1. The maximum atomic E-state index is 5.91. The van der Waals surface area contributed by atoms with Gasteiger partial charge in [0.05, 0.1) is 0 Å². The fourth-order valence-corrected chi connectivity index (χ4v) is 2.17. The van der Waals surface area contributed by atoms with Crippen LogP contribution in [0.3, 0.4) is 0 Å². The summed E-state index contributed by atoms with van der Waals surface area (Å²) in [6.07, 6.45) is 1.16. The lowest BCUT2D eigenvalue weighted by atomic mass is 9.93. The van der Waals surface area contributed by atoms with Crippen LogP contribution in [0, 0.1) is 5.41 Å². The van der Waals surface area contributed by atoms with Crippen LogP contribution in [-0.2, 0) is 6.54 Å². The van der Waals surface area contributed by atoms with E-state index in [2.05, 4.69) is 37.8 Å². The van der Waals surface area contributed by atoms with Crippen molar-refractivity contribution in [1.29, 1.82) is 0 Å². The lowest BCUT2D eigenvalue weighted by Crippen LogP contribution is -2.38. The predicted molar refractivity (Wildman–Crippen MR) is 79.9 cm³/mol. The first kappa shape index (κ1) is 15.5. The van der Waals surface area contributed by atoms with Gasteiger partial charge in [0.2, 0.25) is 0 Å². The van der Waals surface area contributed by atoms with E-state index in [1.54, 1.807) is 0 Å². The molecule has 0 bridgehead atoms. The highest BCUT2D eigenvalue weighted by atomic mass is 35.5. The Morgan fingerprint density at radius 2 is 1.83 bits per heavy atom. The van der Waals surface area contributed by atoms with Crippen molar-refractivity contribution < 1.29 is 0 Å². The van der Waals surface area contributed by atoms with Crippen molar-refractivity contribution in [1.82, 2.24) is 4.90 Å². The number of nitrogens with zero attached hydrogens (tertiary/aromatic N) is 1. The third-order valence-corrected chi connectivity index (χ3v) is 3.32. The van der Waals surface area contributed by atoms with Gasteiger partial charge in [-0.1, -0.05) is 44.5 Å². The molecule has 2 N–H and O–H groups in total. The van der Waals surface area contributed by atoms with Crippen LogP contribution in [0.5, 0.6) is 0 Å². The standard InChI is InChI=1S/C15H25ClN2/c1-4-9-18(12-15(2,3)11-17)10-13-5-7-14(16)8-6-13/h5-8H,4,9-12,17H2,1-3H3. The molecule has 102 valence electrons. The molecular weight excluding hydrogens is 244 g/mol. The van der Waals surface area contributed by atoms with E-state index in [-0.39, 0.29) is 5.41 Å². The van der Waals surface area contributed by atoms with Crippen molar-refractivity contribution in [2.24, 2.45) is 11.1 Å². The van der Waals surface area contributed by atoms with Crippen LogP contribution in [0.2, 0.25) is 5.02 Å². The fraction of sp³-hybridized carbons (Fsp3) is 0.600. The zero-order valence-corrected chi connectivity index (χ0v) is 12.5. The van der Waals surface area contributed by atoms with E-state index >= 15 is 0 Å². The molecule has 0 atom stereocenters. The van der Waals surface area contributed by atoms with E-state index in [1.807, 2.05) is 12.1 Å². The number of rotatable bonds is 7. The molecule has 0 heterocycles. The summed E-state index contributed by atoms with van der Waals surface area (Å²) in [4.78, 5) is 2.47. The quantitative estimate of drug-likeness (QED) is 0.820. The van der Waals surface area contributed by atoms with Gasteiger partial charge in [0.25, 0.3) is 0 Å². The molecule has 2 nitrogen and oxygen atoms in total. The molecule has 1 rings (SSSR count). The Labute approximate surface area is 116 Å². The minimum atomic E-state index is 0.168. The minimum absolute atomic E-state index is 0.168. The van der Waals surface area contributed by atoms with Crippen LogP contribution in [-0.4, -0.2) is 24.5 Å². The van der Waals surface area contributed by atoms with Gasteiger partial charge in [0.1, 0.15) is 0 Å². The van der Waals surface area contributed by atoms with E-state index in [4.69, 9.17) is 17.3 Å². The van der Waals surface area contributed by atoms with Gasteiger partial charge >= 0.3 is 0 Å². The third kappa shape index (κ3) is 5.38. The smallest absolute Gasteiger partial charge is 0.0406 e. The van der Waals surface area contributed by atoms with Crippen molar-refractivity contribution in [3.63, 3.8) is 0 Å². The average Bonchev–Trinajstić information content (AvgIpc) is 2.32. The summed E-state index contributed by atoms with van der Waals surface area (Å²) < 4.78 is 0. The third-order valence-electron chi connectivity index (χ3n) is 3.06. The first-order chi connectivity index (χ1) is 8.46. The first-order valence-corrected chi connectivity index (χ1v) is 7.01. The molecule has 18 heavy (non-hydrogen) atoms. The molecule has 1 aromatic rings. The van der Waals surface area contributed by atoms with E-state index in [9.17, 15) is 0 Å². The predicted octanol–water partition coefficient (Wildman–Crippen LogP) is 3.54. The van der Waals surface area contributed by atoms with Crippen molar-refractivity contribution in [2.45, 2.75) is 33.7 Å². The largest absolute Gasteiger partial charge is 0.330 e. The highest BCUT2D eigenvalue weighted by molar-refractivity contribution is 6.30. The molecule has 0 saturated carbocycles. The second-order valence-electron chi connectivity index (χ2n) is 5.71. The summed E-state index contributed by atoms with van der Waals surface area (Å²) in [5.41, 5.74) is 7.29. The van der Waals surface area contributed by atoms with Gasteiger partial charge in [-0.2, -0.15) is 0 Å². The summed E-state index contributed by atoms with van der Waals surface area (Å²) >= 11 is 5.91. The molecule has 0 fully saturated rings. The Kier molecular flexibility index (Phi) is 6.13. The van der Waals surface area contributed by atoms with Gasteiger partial charge in [-0.25, -0.2) is 0 Å². The van der Waals surface area contributed by atoms with Gasteiger partial charge < -0.3 is 5.73 Å². The second kappa shape index (κ2) is 7.13. The zero-order valence-electron chi connectivity index (χ0n) is 11.7. The minimum Gasteiger partial charge on any atom is -0.330 e. The zero-order chi connectivity index (χ0) is 13.6. The monoisotopic (exact) mass is 268 g/mol. The lowest BCUT2D eigenvalue weighted by Gasteiger charge is -2.31. The van der Waals surface area contributed by atoms with Crippen LogP contribution >= 0.6 is 11.6 Å². The van der Waals surface area contributed by atoms with Crippen LogP contribution in [0.1, 0.15) is 32.8 Å². The van der Waals surface area contributed by atoms with Crippen LogP contribution < -0.4 is 5.73 Å². The summed E-state index contributed by atoms with van der Waals surface area (Å²) in [6, 6.07) is 8.10. The summed E-state index contributed by atoms with van der Waals surface area (Å²) in [6.45, 7) is 10.5. The first-order valence-electron chi connectivity index (χ1n) is 6.64. The Morgan fingerprint density at radius 1 is 1.22 bits per heavy atom. The number of benzene rings is 1. The summed E-state index contributed by atoms with van der Waals surface area (Å²) in [5.74, 6) is 0. The molecular formula is C15H25ClN2. The lowest BCUT2D eigenvalue weighted by molar-refractivity contribution is 0.176. The number of hydrogen-bond donors (Lipinski definition) is 1. The Morgan fingerprint density at radius 3 is 2.33 bits per heavy atom. The van der Waals surface area contributed by atoms with Gasteiger partial charge in [-0.3, -0.25) is 4.90 Å². The molecule has 0 aliphatic rings. The molecule has 0 amide bonds. The van der Waals surface area contributed by atoms with E-state index < -0.39 is 0 Å². The van der Waals surface area contributed by atoms with Crippen molar-refractivity contribution in [3.8, 4) is 0 Å². The van der Waals surface area contributed by atoms with E-state index in [0.717, 1.165) is 31.1 Å². The molecule has 1 aromatic carbocycles. The maximum Gasteiger partial charge on any atom is 0.0406 e. The van der Waals surface area contributed by atoms with Crippen LogP contribution in [0.25, 0.3) is 0 Å². The molecule has 0 spiro atoms. The number of hydrogen-bond acceptors (Lipinski definition) is 2. The highest BCUT2D eigenvalue weighted by Gasteiger charge is 2.19. The van der Waals surface area contributed by atoms with Crippen LogP contribution in [0.15, 0.2) is 24.3 Å². The molecule has 0 aliphatic carbocycles. The molecule has 0 unspecified atom stereocenters. The average molecular weight is 269 g/mol. The molecule has 3 heteroatoms. The number of halogens is 1. The van der Waals surface area contributed by atoms with Gasteiger partial charge in [-0.05, 0) is 42.6 Å².